The Hall–Kier alpha value is -1.40. The number of rotatable bonds is 6. The van der Waals surface area contributed by atoms with Gasteiger partial charge in [-0.2, -0.15) is 4.72 Å². The predicted octanol–water partition coefficient (Wildman–Crippen LogP) is 2.20. The van der Waals surface area contributed by atoms with Crippen molar-refractivity contribution in [3.63, 3.8) is 0 Å². The molecule has 1 atom stereocenters. The number of benzene rings is 1. The summed E-state index contributed by atoms with van der Waals surface area (Å²) in [6, 6.07) is 5.41. The van der Waals surface area contributed by atoms with E-state index in [2.05, 4.69) is 4.72 Å². The molecule has 1 aromatic carbocycles. The molecular formula is C14H21NO4S. The highest BCUT2D eigenvalue weighted by molar-refractivity contribution is 7.89. The molecule has 0 aliphatic carbocycles. The summed E-state index contributed by atoms with van der Waals surface area (Å²) in [4.78, 5) is 11.2. The highest BCUT2D eigenvalue weighted by Crippen LogP contribution is 2.19. The molecule has 0 fully saturated rings. The third kappa shape index (κ3) is 4.05. The molecule has 5 nitrogen and oxygen atoms in total. The van der Waals surface area contributed by atoms with Crippen LogP contribution in [0.25, 0.3) is 0 Å². The molecule has 0 aliphatic heterocycles. The molecule has 0 aromatic heterocycles. The molecule has 112 valence electrons. The number of sulfonamides is 1. The number of hydrogen-bond donors (Lipinski definition) is 2. The molecule has 0 aliphatic rings. The smallest absolute Gasteiger partial charge is 0.322 e. The van der Waals surface area contributed by atoms with Crippen LogP contribution in [0.5, 0.6) is 0 Å². The fourth-order valence-electron chi connectivity index (χ4n) is 1.75. The molecule has 6 heteroatoms. The number of hydrogen-bond acceptors (Lipinski definition) is 3. The Bertz CT molecular complexity index is 579. The van der Waals surface area contributed by atoms with Crippen LogP contribution in [0.1, 0.15) is 39.2 Å². The van der Waals surface area contributed by atoms with Crippen molar-refractivity contribution in [3.05, 3.63) is 29.8 Å². The minimum atomic E-state index is -3.84. The first-order valence-corrected chi connectivity index (χ1v) is 7.98. The van der Waals surface area contributed by atoms with E-state index in [1.807, 2.05) is 19.9 Å². The van der Waals surface area contributed by atoms with E-state index < -0.39 is 22.0 Å². The molecule has 1 unspecified atom stereocenters. The molecule has 2 N–H and O–H groups in total. The molecule has 1 aromatic rings. The van der Waals surface area contributed by atoms with Gasteiger partial charge in [0.2, 0.25) is 10.0 Å². The SMILES string of the molecule is CC(C)c1cccc(S(=O)(=O)NC(C(=O)O)C(C)C)c1. The Labute approximate surface area is 120 Å². The molecule has 0 amide bonds. The van der Waals surface area contributed by atoms with E-state index in [4.69, 9.17) is 5.11 Å². The van der Waals surface area contributed by atoms with Crippen LogP contribution in [0.15, 0.2) is 29.2 Å². The summed E-state index contributed by atoms with van der Waals surface area (Å²) in [6.07, 6.45) is 0. The van der Waals surface area contributed by atoms with Gasteiger partial charge in [0.05, 0.1) is 4.90 Å². The van der Waals surface area contributed by atoms with Gasteiger partial charge >= 0.3 is 5.97 Å². The van der Waals surface area contributed by atoms with Gasteiger partial charge in [-0.25, -0.2) is 8.42 Å². The van der Waals surface area contributed by atoms with E-state index >= 15 is 0 Å². The summed E-state index contributed by atoms with van der Waals surface area (Å²) in [5.74, 6) is -1.32. The maximum absolute atomic E-state index is 12.3. The maximum Gasteiger partial charge on any atom is 0.322 e. The van der Waals surface area contributed by atoms with Crippen molar-refractivity contribution in [1.29, 1.82) is 0 Å². The summed E-state index contributed by atoms with van der Waals surface area (Å²) in [5.41, 5.74) is 0.893. The average Bonchev–Trinajstić information content (AvgIpc) is 2.35. The fourth-order valence-corrected chi connectivity index (χ4v) is 3.14. The Morgan fingerprint density at radius 2 is 1.80 bits per heavy atom. The summed E-state index contributed by atoms with van der Waals surface area (Å²) >= 11 is 0. The van der Waals surface area contributed by atoms with E-state index in [0.29, 0.717) is 0 Å². The lowest BCUT2D eigenvalue weighted by Gasteiger charge is -2.18. The highest BCUT2D eigenvalue weighted by Gasteiger charge is 2.28. The molecule has 20 heavy (non-hydrogen) atoms. The van der Waals surface area contributed by atoms with Crippen molar-refractivity contribution in [2.45, 2.75) is 44.6 Å². The first-order chi connectivity index (χ1) is 9.15. The van der Waals surface area contributed by atoms with Crippen LogP contribution in [0.2, 0.25) is 0 Å². The van der Waals surface area contributed by atoms with Crippen molar-refractivity contribution in [1.82, 2.24) is 4.72 Å². The molecule has 0 radical (unpaired) electrons. The zero-order valence-electron chi connectivity index (χ0n) is 12.1. The van der Waals surface area contributed by atoms with E-state index in [1.54, 1.807) is 26.0 Å². The van der Waals surface area contributed by atoms with Gasteiger partial charge in [0.15, 0.2) is 0 Å². The van der Waals surface area contributed by atoms with Gasteiger partial charge in [0.25, 0.3) is 0 Å². The quantitative estimate of drug-likeness (QED) is 0.843. The second-order valence-electron chi connectivity index (χ2n) is 5.41. The third-order valence-corrected chi connectivity index (χ3v) is 4.49. The predicted molar refractivity (Wildman–Crippen MR) is 77.1 cm³/mol. The number of carboxylic acids is 1. The van der Waals surface area contributed by atoms with Crippen LogP contribution >= 0.6 is 0 Å². The maximum atomic E-state index is 12.3. The summed E-state index contributed by atoms with van der Waals surface area (Å²) in [5, 5.41) is 9.07. The monoisotopic (exact) mass is 299 g/mol. The largest absolute Gasteiger partial charge is 0.480 e. The highest BCUT2D eigenvalue weighted by atomic mass is 32.2. The first kappa shape index (κ1) is 16.7. The second-order valence-corrected chi connectivity index (χ2v) is 7.12. The van der Waals surface area contributed by atoms with Gasteiger partial charge in [-0.1, -0.05) is 39.8 Å². The van der Waals surface area contributed by atoms with E-state index in [-0.39, 0.29) is 16.7 Å². The van der Waals surface area contributed by atoms with Crippen LogP contribution in [-0.2, 0) is 14.8 Å². The van der Waals surface area contributed by atoms with Gasteiger partial charge < -0.3 is 5.11 Å². The van der Waals surface area contributed by atoms with Crippen LogP contribution < -0.4 is 4.72 Å². The second kappa shape index (κ2) is 6.37. The number of carboxylic acid groups (broad SMARTS) is 1. The van der Waals surface area contributed by atoms with E-state index in [1.165, 1.54) is 6.07 Å². The van der Waals surface area contributed by atoms with Gasteiger partial charge in [0.1, 0.15) is 6.04 Å². The zero-order valence-corrected chi connectivity index (χ0v) is 12.9. The Balaban J connectivity index is 3.10. The van der Waals surface area contributed by atoms with Gasteiger partial charge in [0, 0.05) is 0 Å². The van der Waals surface area contributed by atoms with Gasteiger partial charge in [-0.15, -0.1) is 0 Å². The topological polar surface area (TPSA) is 83.5 Å². The van der Waals surface area contributed by atoms with Crippen molar-refractivity contribution >= 4 is 16.0 Å². The minimum Gasteiger partial charge on any atom is -0.480 e. The molecular weight excluding hydrogens is 278 g/mol. The van der Waals surface area contributed by atoms with Gasteiger partial charge in [-0.3, -0.25) is 4.79 Å². The van der Waals surface area contributed by atoms with Crippen LogP contribution in [-0.4, -0.2) is 25.5 Å². The van der Waals surface area contributed by atoms with E-state index in [9.17, 15) is 13.2 Å². The minimum absolute atomic E-state index is 0.0931. The fraction of sp³-hybridized carbons (Fsp3) is 0.500. The van der Waals surface area contributed by atoms with Crippen molar-refractivity contribution in [2.24, 2.45) is 5.92 Å². The molecule has 0 spiro atoms. The number of nitrogens with one attached hydrogen (secondary N) is 1. The Kier molecular flexibility index (Phi) is 5.30. The van der Waals surface area contributed by atoms with Crippen LogP contribution in [0, 0.1) is 5.92 Å². The molecule has 0 saturated heterocycles. The summed E-state index contributed by atoms with van der Waals surface area (Å²) in [6.45, 7) is 7.25. The number of aliphatic carboxylic acids is 1. The van der Waals surface area contributed by atoms with E-state index in [0.717, 1.165) is 5.56 Å². The first-order valence-electron chi connectivity index (χ1n) is 6.50. The zero-order chi connectivity index (χ0) is 15.5. The Morgan fingerprint density at radius 1 is 1.20 bits per heavy atom. The molecule has 1 rings (SSSR count). The van der Waals surface area contributed by atoms with Crippen LogP contribution in [0.3, 0.4) is 0 Å². The lowest BCUT2D eigenvalue weighted by atomic mass is 10.0. The van der Waals surface area contributed by atoms with Crippen molar-refractivity contribution < 1.29 is 18.3 Å². The third-order valence-electron chi connectivity index (χ3n) is 3.05. The lowest BCUT2D eigenvalue weighted by Crippen LogP contribution is -2.44. The van der Waals surface area contributed by atoms with Crippen molar-refractivity contribution in [2.75, 3.05) is 0 Å². The molecule has 0 heterocycles. The Morgan fingerprint density at radius 3 is 2.25 bits per heavy atom. The molecule has 0 saturated carbocycles. The standard InChI is InChI=1S/C14H21NO4S/c1-9(2)11-6-5-7-12(8-11)20(18,19)15-13(10(3)4)14(16)17/h5-10,13,15H,1-4H3,(H,16,17). The normalized spacial score (nSPS) is 13.7. The summed E-state index contributed by atoms with van der Waals surface area (Å²) in [7, 11) is -3.84. The number of carbonyl (C=O) groups is 1. The average molecular weight is 299 g/mol. The lowest BCUT2D eigenvalue weighted by molar-refractivity contribution is -0.140. The van der Waals surface area contributed by atoms with Crippen molar-refractivity contribution in [3.8, 4) is 0 Å². The molecule has 0 bridgehead atoms. The van der Waals surface area contributed by atoms with Crippen LogP contribution in [0.4, 0.5) is 0 Å². The summed E-state index contributed by atoms with van der Waals surface area (Å²) < 4.78 is 26.8. The van der Waals surface area contributed by atoms with Gasteiger partial charge in [-0.05, 0) is 29.5 Å².